The van der Waals surface area contributed by atoms with Crippen LogP contribution in [0, 0.1) is 11.3 Å². The van der Waals surface area contributed by atoms with Gasteiger partial charge in [0.25, 0.3) is 0 Å². The van der Waals surface area contributed by atoms with Gasteiger partial charge in [-0.25, -0.2) is 0 Å². The van der Waals surface area contributed by atoms with Crippen molar-refractivity contribution in [2.24, 2.45) is 11.3 Å². The van der Waals surface area contributed by atoms with Crippen molar-refractivity contribution in [2.75, 3.05) is 13.1 Å². The van der Waals surface area contributed by atoms with E-state index in [-0.39, 0.29) is 5.41 Å². The molecule has 4 nitrogen and oxygen atoms in total. The summed E-state index contributed by atoms with van der Waals surface area (Å²) in [6, 6.07) is 4.88. The van der Waals surface area contributed by atoms with Gasteiger partial charge in [0.2, 0.25) is 0 Å². The number of hydrogen-bond acceptors (Lipinski definition) is 4. The number of aromatic nitrogens is 1. The molecular formula is C27H40F3N3O. The summed E-state index contributed by atoms with van der Waals surface area (Å²) in [4.78, 5) is 4.25. The van der Waals surface area contributed by atoms with Crippen LogP contribution in [0.5, 0.6) is 5.75 Å². The van der Waals surface area contributed by atoms with Crippen LogP contribution in [0.25, 0.3) is 11.4 Å². The lowest BCUT2D eigenvalue weighted by atomic mass is 9.81. The van der Waals surface area contributed by atoms with Gasteiger partial charge in [0.1, 0.15) is 5.75 Å². The first-order valence-electron chi connectivity index (χ1n) is 12.1. The van der Waals surface area contributed by atoms with E-state index in [9.17, 15) is 18.3 Å². The molecule has 7 heteroatoms. The molecule has 1 aliphatic heterocycles. The van der Waals surface area contributed by atoms with Crippen LogP contribution in [0.3, 0.4) is 0 Å². The summed E-state index contributed by atoms with van der Waals surface area (Å²) in [5, 5.41) is 18.9. The molecule has 0 radical (unpaired) electrons. The summed E-state index contributed by atoms with van der Waals surface area (Å²) in [7, 11) is 0. The fourth-order valence-electron chi connectivity index (χ4n) is 3.28. The van der Waals surface area contributed by atoms with Gasteiger partial charge < -0.3 is 15.7 Å². The van der Waals surface area contributed by atoms with Crippen LogP contribution in [-0.4, -0.2) is 23.2 Å². The van der Waals surface area contributed by atoms with Crippen LogP contribution in [0.4, 0.5) is 13.2 Å². The Kier molecular flexibility index (Phi) is 10.9. The summed E-state index contributed by atoms with van der Waals surface area (Å²) in [5.74, 6) is 0.0847. The number of aromatic hydroxyl groups is 1. The average Bonchev–Trinajstić information content (AvgIpc) is 2.99. The van der Waals surface area contributed by atoms with Crippen molar-refractivity contribution in [3.8, 4) is 5.75 Å². The molecule has 0 bridgehead atoms. The van der Waals surface area contributed by atoms with Crippen molar-refractivity contribution >= 4 is 11.4 Å². The largest absolute Gasteiger partial charge is 0.507 e. The maximum atomic E-state index is 13.0. The highest BCUT2D eigenvalue weighted by atomic mass is 19.4. The maximum absolute atomic E-state index is 13.0. The van der Waals surface area contributed by atoms with E-state index in [1.54, 1.807) is 12.4 Å². The summed E-state index contributed by atoms with van der Waals surface area (Å²) < 4.78 is 38.9. The van der Waals surface area contributed by atoms with Crippen molar-refractivity contribution in [3.05, 3.63) is 58.2 Å². The molecule has 0 atom stereocenters. The van der Waals surface area contributed by atoms with Crippen LogP contribution < -0.4 is 21.1 Å². The van der Waals surface area contributed by atoms with E-state index in [0.29, 0.717) is 30.1 Å². The third-order valence-corrected chi connectivity index (χ3v) is 6.01. The van der Waals surface area contributed by atoms with Gasteiger partial charge in [-0.05, 0) is 35.6 Å². The fraction of sp³-hybridized carbons (Fsp3) is 0.519. The van der Waals surface area contributed by atoms with Crippen LogP contribution >= 0.6 is 0 Å². The zero-order chi connectivity index (χ0) is 26.1. The van der Waals surface area contributed by atoms with E-state index < -0.39 is 17.5 Å². The molecule has 1 aliphatic rings. The lowest BCUT2D eigenvalue weighted by Gasteiger charge is -2.30. The topological polar surface area (TPSA) is 57.2 Å². The summed E-state index contributed by atoms with van der Waals surface area (Å²) in [6.45, 7) is 18.2. The normalized spacial score (nSPS) is 13.5. The molecule has 3 N–H and O–H groups in total. The molecule has 2 aromatic rings. The summed E-state index contributed by atoms with van der Waals surface area (Å²) >= 11 is 0. The molecule has 0 fully saturated rings. The number of alkyl halides is 3. The lowest BCUT2D eigenvalue weighted by molar-refractivity contribution is -0.137. The van der Waals surface area contributed by atoms with Crippen molar-refractivity contribution in [2.45, 2.75) is 68.0 Å². The number of hydrogen-bond donors (Lipinski definition) is 3. The Morgan fingerprint density at radius 3 is 2.26 bits per heavy atom. The summed E-state index contributed by atoms with van der Waals surface area (Å²) in [5.41, 5.74) is 1.17. The zero-order valence-electron chi connectivity index (χ0n) is 21.7. The minimum Gasteiger partial charge on any atom is -0.507 e. The Balaban J connectivity index is 0.00000137. The molecule has 34 heavy (non-hydrogen) atoms. The molecule has 0 saturated carbocycles. The number of fused-ring (bicyclic) bond motifs is 1. The third-order valence-electron chi connectivity index (χ3n) is 6.01. The first-order valence-corrected chi connectivity index (χ1v) is 12.1. The number of nitrogens with one attached hydrogen (secondary N) is 2. The van der Waals surface area contributed by atoms with Crippen LogP contribution in [-0.2, 0) is 6.18 Å². The highest BCUT2D eigenvalue weighted by molar-refractivity contribution is 5.70. The Morgan fingerprint density at radius 1 is 1.06 bits per heavy atom. The van der Waals surface area contributed by atoms with E-state index in [0.717, 1.165) is 34.8 Å². The van der Waals surface area contributed by atoms with E-state index in [4.69, 9.17) is 0 Å². The van der Waals surface area contributed by atoms with Crippen molar-refractivity contribution in [3.63, 3.8) is 0 Å². The minimum absolute atomic E-state index is 0.0906. The molecule has 1 aromatic carbocycles. The van der Waals surface area contributed by atoms with E-state index in [1.807, 2.05) is 33.8 Å². The number of phenolic OH excluding ortho intramolecular Hbond substituents is 1. The second kappa shape index (κ2) is 12.7. The number of nitrogens with zero attached hydrogens (tertiary/aromatic N) is 1. The Labute approximate surface area is 202 Å². The van der Waals surface area contributed by atoms with Crippen LogP contribution in [0.1, 0.15) is 72.9 Å². The molecule has 3 rings (SSSR count). The van der Waals surface area contributed by atoms with E-state index >= 15 is 0 Å². The molecular weight excluding hydrogens is 439 g/mol. The number of pyridine rings is 1. The molecule has 190 valence electrons. The van der Waals surface area contributed by atoms with Gasteiger partial charge in [0.05, 0.1) is 11.3 Å². The Morgan fingerprint density at radius 2 is 1.71 bits per heavy atom. The van der Waals surface area contributed by atoms with Crippen molar-refractivity contribution in [1.82, 2.24) is 15.6 Å². The quantitative estimate of drug-likeness (QED) is 0.538. The molecule has 2 heterocycles. The predicted molar refractivity (Wildman–Crippen MR) is 134 cm³/mol. The summed E-state index contributed by atoms with van der Waals surface area (Å²) in [6.07, 6.45) is -0.401. The molecule has 0 spiro atoms. The minimum atomic E-state index is -4.51. The zero-order valence-corrected chi connectivity index (χ0v) is 21.7. The first-order chi connectivity index (χ1) is 16.0. The molecule has 0 aliphatic carbocycles. The SMILES string of the molecule is CC.CC.CC(C)C(C)(C)CNC1=c2cnccc2=C(c2ccc(C(F)(F)F)cc2O)NCC1. The number of phenols is 1. The van der Waals surface area contributed by atoms with Gasteiger partial charge in [0, 0.05) is 53.6 Å². The number of benzene rings is 1. The van der Waals surface area contributed by atoms with Gasteiger partial charge in [-0.2, -0.15) is 13.2 Å². The maximum Gasteiger partial charge on any atom is 0.416 e. The average molecular weight is 480 g/mol. The van der Waals surface area contributed by atoms with Crippen LogP contribution in [0.15, 0.2) is 36.7 Å². The van der Waals surface area contributed by atoms with Crippen molar-refractivity contribution < 1.29 is 18.3 Å². The Bertz CT molecular complexity index is 1040. The smallest absolute Gasteiger partial charge is 0.416 e. The second-order valence-electron chi connectivity index (χ2n) is 8.68. The standard InChI is InChI=1S/C23H28F3N3O.2C2H6/c1-14(2)22(3,4)13-29-19-8-10-28-21(16-7-9-27-12-18(16)19)17-6-5-15(11-20(17)30)23(24,25)26;2*1-2/h5-7,9,11-12,14,28-30H,8,10,13H2,1-4H3;2*1-2H3. The van der Waals surface area contributed by atoms with Gasteiger partial charge in [-0.3, -0.25) is 4.98 Å². The second-order valence-corrected chi connectivity index (χ2v) is 8.68. The van der Waals surface area contributed by atoms with Gasteiger partial charge in [0.15, 0.2) is 0 Å². The monoisotopic (exact) mass is 479 g/mol. The molecule has 0 amide bonds. The molecule has 0 unspecified atom stereocenters. The number of rotatable bonds is 5. The third kappa shape index (κ3) is 7.15. The van der Waals surface area contributed by atoms with Gasteiger partial charge in [-0.1, -0.05) is 55.4 Å². The van der Waals surface area contributed by atoms with Crippen molar-refractivity contribution in [1.29, 1.82) is 0 Å². The molecule has 1 aromatic heterocycles. The number of halogens is 3. The molecule has 0 saturated heterocycles. The lowest BCUT2D eigenvalue weighted by Crippen LogP contribution is -2.38. The Hall–Kier alpha value is -2.70. The van der Waals surface area contributed by atoms with Gasteiger partial charge in [-0.15, -0.1) is 0 Å². The highest BCUT2D eigenvalue weighted by Crippen LogP contribution is 2.34. The van der Waals surface area contributed by atoms with E-state index in [2.05, 4.69) is 43.3 Å². The highest BCUT2D eigenvalue weighted by Gasteiger charge is 2.31. The first kappa shape index (κ1) is 29.3. The van der Waals surface area contributed by atoms with Crippen LogP contribution in [0.2, 0.25) is 0 Å². The predicted octanol–water partition coefficient (Wildman–Crippen LogP) is 5.39. The van der Waals surface area contributed by atoms with Gasteiger partial charge >= 0.3 is 6.18 Å². The fourth-order valence-corrected chi connectivity index (χ4v) is 3.28. The van der Waals surface area contributed by atoms with E-state index in [1.165, 1.54) is 6.07 Å².